The van der Waals surface area contributed by atoms with Crippen LogP contribution in [0.15, 0.2) is 30.9 Å². The van der Waals surface area contributed by atoms with E-state index in [2.05, 4.69) is 18.8 Å². The number of hydrogen-bond acceptors (Lipinski definition) is 2. The van der Waals surface area contributed by atoms with Gasteiger partial charge in [-0.25, -0.2) is 4.98 Å². The van der Waals surface area contributed by atoms with Gasteiger partial charge in [-0.3, -0.25) is 0 Å². The van der Waals surface area contributed by atoms with Crippen LogP contribution < -0.4 is 0 Å². The van der Waals surface area contributed by atoms with Gasteiger partial charge in [0.15, 0.2) is 6.23 Å². The second-order valence-electron chi connectivity index (χ2n) is 4.11. The number of imidazole rings is 1. The number of hydrogen-bond donors (Lipinski definition) is 1. The van der Waals surface area contributed by atoms with E-state index in [-0.39, 0.29) is 0 Å². The van der Waals surface area contributed by atoms with Crippen molar-refractivity contribution in [3.05, 3.63) is 53.1 Å². The van der Waals surface area contributed by atoms with E-state index in [0.29, 0.717) is 0 Å². The van der Waals surface area contributed by atoms with Crippen molar-refractivity contribution in [3.8, 4) is 0 Å². The van der Waals surface area contributed by atoms with Crippen LogP contribution in [0.3, 0.4) is 0 Å². The summed E-state index contributed by atoms with van der Waals surface area (Å²) in [5.74, 6) is 0. The molecule has 16 heavy (non-hydrogen) atoms. The first-order valence-electron chi connectivity index (χ1n) is 5.33. The Labute approximate surface area is 95.4 Å². The molecule has 1 N–H and O–H groups in total. The molecule has 3 nitrogen and oxygen atoms in total. The normalized spacial score (nSPS) is 12.8. The summed E-state index contributed by atoms with van der Waals surface area (Å²) >= 11 is 0. The summed E-state index contributed by atoms with van der Waals surface area (Å²) in [4.78, 5) is 3.94. The van der Waals surface area contributed by atoms with Gasteiger partial charge in [-0.05, 0) is 37.5 Å². The lowest BCUT2D eigenvalue weighted by molar-refractivity contribution is 0.145. The van der Waals surface area contributed by atoms with Crippen LogP contribution in [0.4, 0.5) is 0 Å². The predicted molar refractivity (Wildman–Crippen MR) is 63.2 cm³/mol. The molecule has 0 fully saturated rings. The number of aryl methyl sites for hydroxylation is 1. The molecule has 0 aliphatic rings. The maximum Gasteiger partial charge on any atom is 0.158 e. The monoisotopic (exact) mass is 216 g/mol. The summed E-state index contributed by atoms with van der Waals surface area (Å²) in [6.07, 6.45) is 4.40. The van der Waals surface area contributed by atoms with E-state index in [1.807, 2.05) is 19.1 Å². The Bertz CT molecular complexity index is 489. The average Bonchev–Trinajstić information content (AvgIpc) is 2.79. The first-order chi connectivity index (χ1) is 7.61. The van der Waals surface area contributed by atoms with Gasteiger partial charge in [0.25, 0.3) is 0 Å². The summed E-state index contributed by atoms with van der Waals surface area (Å²) in [6, 6.07) is 4.01. The van der Waals surface area contributed by atoms with Gasteiger partial charge in [-0.1, -0.05) is 12.1 Å². The molecule has 1 aromatic heterocycles. The second kappa shape index (κ2) is 4.10. The first kappa shape index (κ1) is 10.9. The van der Waals surface area contributed by atoms with Crippen LogP contribution in [0, 0.1) is 20.8 Å². The highest BCUT2D eigenvalue weighted by molar-refractivity contribution is 5.39. The van der Waals surface area contributed by atoms with Crippen LogP contribution in [0.25, 0.3) is 0 Å². The highest BCUT2D eigenvalue weighted by Crippen LogP contribution is 2.23. The van der Waals surface area contributed by atoms with E-state index in [1.165, 1.54) is 11.1 Å². The Morgan fingerprint density at radius 2 is 1.94 bits per heavy atom. The van der Waals surface area contributed by atoms with Gasteiger partial charge in [-0.2, -0.15) is 0 Å². The molecule has 0 spiro atoms. The molecule has 1 heterocycles. The van der Waals surface area contributed by atoms with Crippen molar-refractivity contribution in [2.24, 2.45) is 0 Å². The van der Waals surface area contributed by atoms with E-state index < -0.39 is 6.23 Å². The lowest BCUT2D eigenvalue weighted by Crippen LogP contribution is -2.10. The molecule has 3 heteroatoms. The molecule has 1 unspecified atom stereocenters. The predicted octanol–water partition coefficient (Wildman–Crippen LogP) is 2.35. The van der Waals surface area contributed by atoms with Crippen molar-refractivity contribution in [1.82, 2.24) is 9.55 Å². The zero-order valence-electron chi connectivity index (χ0n) is 9.81. The Hall–Kier alpha value is -1.61. The number of benzene rings is 1. The lowest BCUT2D eigenvalue weighted by Gasteiger charge is -2.17. The number of rotatable bonds is 2. The number of aliphatic hydroxyl groups excluding tert-OH is 1. The Balaban J connectivity index is 2.45. The van der Waals surface area contributed by atoms with Gasteiger partial charge in [0, 0.05) is 18.0 Å². The Morgan fingerprint density at radius 3 is 2.56 bits per heavy atom. The molecule has 0 aliphatic carbocycles. The van der Waals surface area contributed by atoms with Gasteiger partial charge < -0.3 is 9.67 Å². The highest BCUT2D eigenvalue weighted by atomic mass is 16.3. The Kier molecular flexibility index (Phi) is 2.79. The van der Waals surface area contributed by atoms with Crippen LogP contribution in [0.5, 0.6) is 0 Å². The molecule has 1 atom stereocenters. The van der Waals surface area contributed by atoms with Crippen LogP contribution in [0.1, 0.15) is 28.5 Å². The Morgan fingerprint density at radius 1 is 1.19 bits per heavy atom. The third-order valence-corrected chi connectivity index (χ3v) is 3.19. The summed E-state index contributed by atoms with van der Waals surface area (Å²) in [7, 11) is 0. The van der Waals surface area contributed by atoms with Gasteiger partial charge in [0.05, 0.1) is 6.33 Å². The molecule has 0 bridgehead atoms. The minimum atomic E-state index is -0.651. The molecule has 0 aliphatic heterocycles. The first-order valence-corrected chi connectivity index (χ1v) is 5.33. The van der Waals surface area contributed by atoms with Crippen LogP contribution >= 0.6 is 0 Å². The largest absolute Gasteiger partial charge is 0.369 e. The molecule has 0 saturated heterocycles. The maximum atomic E-state index is 10.2. The summed E-state index contributed by atoms with van der Waals surface area (Å²) in [5, 5.41) is 10.2. The molecular formula is C13H16N2O. The van der Waals surface area contributed by atoms with Gasteiger partial charge in [-0.15, -0.1) is 0 Å². The van der Waals surface area contributed by atoms with Gasteiger partial charge in [0.1, 0.15) is 0 Å². The zero-order valence-corrected chi connectivity index (χ0v) is 9.81. The van der Waals surface area contributed by atoms with E-state index in [9.17, 15) is 5.11 Å². The van der Waals surface area contributed by atoms with Crippen molar-refractivity contribution in [2.75, 3.05) is 0 Å². The van der Waals surface area contributed by atoms with Crippen molar-refractivity contribution in [1.29, 1.82) is 0 Å². The average molecular weight is 216 g/mol. The van der Waals surface area contributed by atoms with E-state index in [4.69, 9.17) is 0 Å². The molecule has 84 valence electrons. The molecule has 0 saturated carbocycles. The van der Waals surface area contributed by atoms with Crippen LogP contribution in [-0.2, 0) is 0 Å². The third-order valence-electron chi connectivity index (χ3n) is 3.19. The number of aliphatic hydroxyl groups is 1. The SMILES string of the molecule is Cc1ccc(C(O)n2ccnc2)c(C)c1C. The smallest absolute Gasteiger partial charge is 0.158 e. The van der Waals surface area contributed by atoms with Crippen LogP contribution in [-0.4, -0.2) is 14.7 Å². The van der Waals surface area contributed by atoms with Gasteiger partial charge in [0.2, 0.25) is 0 Å². The van der Waals surface area contributed by atoms with Gasteiger partial charge >= 0.3 is 0 Å². The maximum absolute atomic E-state index is 10.2. The lowest BCUT2D eigenvalue weighted by atomic mass is 9.98. The zero-order chi connectivity index (χ0) is 11.7. The van der Waals surface area contributed by atoms with E-state index in [0.717, 1.165) is 11.1 Å². The van der Waals surface area contributed by atoms with Crippen molar-refractivity contribution < 1.29 is 5.11 Å². The highest BCUT2D eigenvalue weighted by Gasteiger charge is 2.13. The van der Waals surface area contributed by atoms with E-state index >= 15 is 0 Å². The van der Waals surface area contributed by atoms with E-state index in [1.54, 1.807) is 23.3 Å². The minimum absolute atomic E-state index is 0.651. The molecule has 2 rings (SSSR count). The number of nitrogens with zero attached hydrogens (tertiary/aromatic N) is 2. The molecule has 0 amide bonds. The fourth-order valence-electron chi connectivity index (χ4n) is 1.83. The van der Waals surface area contributed by atoms with Crippen molar-refractivity contribution >= 4 is 0 Å². The van der Waals surface area contributed by atoms with Crippen molar-refractivity contribution in [2.45, 2.75) is 27.0 Å². The fourth-order valence-corrected chi connectivity index (χ4v) is 1.83. The molecule has 2 aromatic rings. The topological polar surface area (TPSA) is 38.0 Å². The minimum Gasteiger partial charge on any atom is -0.369 e. The molecule has 1 aromatic carbocycles. The second-order valence-corrected chi connectivity index (χ2v) is 4.11. The molecule has 0 radical (unpaired) electrons. The quantitative estimate of drug-likeness (QED) is 0.836. The fraction of sp³-hybridized carbons (Fsp3) is 0.308. The van der Waals surface area contributed by atoms with Crippen LogP contribution in [0.2, 0.25) is 0 Å². The summed E-state index contributed by atoms with van der Waals surface area (Å²) in [5.41, 5.74) is 4.55. The summed E-state index contributed by atoms with van der Waals surface area (Å²) in [6.45, 7) is 6.20. The number of aromatic nitrogens is 2. The standard InChI is InChI=1S/C13H16N2O/c1-9-4-5-12(11(3)10(9)2)13(16)15-7-6-14-8-15/h4-8,13,16H,1-3H3. The summed E-state index contributed by atoms with van der Waals surface area (Å²) < 4.78 is 1.69. The van der Waals surface area contributed by atoms with Crippen molar-refractivity contribution in [3.63, 3.8) is 0 Å². The third kappa shape index (κ3) is 1.74. The molecular weight excluding hydrogens is 200 g/mol.